The van der Waals surface area contributed by atoms with Gasteiger partial charge in [-0.25, -0.2) is 0 Å². The standard InChI is InChI=1S/C14H22BrNO/c1-10(16)11-5-6-13(12(15)9-11)17-8-7-14(2,3)4/h5-6,9-10H,7-8,16H2,1-4H3. The van der Waals surface area contributed by atoms with Crippen molar-refractivity contribution in [3.8, 4) is 5.75 Å². The van der Waals surface area contributed by atoms with Crippen LogP contribution in [-0.4, -0.2) is 6.61 Å². The summed E-state index contributed by atoms with van der Waals surface area (Å²) in [5.41, 5.74) is 7.24. The first-order chi connectivity index (χ1) is 7.79. The zero-order chi connectivity index (χ0) is 13.1. The molecule has 1 aromatic carbocycles. The molecular weight excluding hydrogens is 278 g/mol. The van der Waals surface area contributed by atoms with E-state index in [1.54, 1.807) is 0 Å². The lowest BCUT2D eigenvalue weighted by molar-refractivity contribution is 0.242. The minimum Gasteiger partial charge on any atom is -0.492 e. The van der Waals surface area contributed by atoms with Crippen LogP contribution in [0.25, 0.3) is 0 Å². The first-order valence-electron chi connectivity index (χ1n) is 5.97. The summed E-state index contributed by atoms with van der Waals surface area (Å²) >= 11 is 3.52. The average Bonchev–Trinajstić information content (AvgIpc) is 2.18. The van der Waals surface area contributed by atoms with Gasteiger partial charge < -0.3 is 10.5 Å². The van der Waals surface area contributed by atoms with Gasteiger partial charge in [0.15, 0.2) is 0 Å². The Hall–Kier alpha value is -0.540. The minimum atomic E-state index is 0.0509. The van der Waals surface area contributed by atoms with Gasteiger partial charge in [0.25, 0.3) is 0 Å². The highest BCUT2D eigenvalue weighted by Crippen LogP contribution is 2.28. The highest BCUT2D eigenvalue weighted by Gasteiger charge is 2.11. The van der Waals surface area contributed by atoms with Gasteiger partial charge in [-0.15, -0.1) is 0 Å². The molecule has 0 aliphatic rings. The fourth-order valence-electron chi connectivity index (χ4n) is 1.38. The predicted octanol–water partition coefficient (Wildman–Crippen LogP) is 4.28. The lowest BCUT2D eigenvalue weighted by Gasteiger charge is -2.18. The van der Waals surface area contributed by atoms with E-state index in [0.717, 1.165) is 28.8 Å². The Balaban J connectivity index is 2.61. The molecule has 0 spiro atoms. The summed E-state index contributed by atoms with van der Waals surface area (Å²) in [7, 11) is 0. The number of hydrogen-bond donors (Lipinski definition) is 1. The van der Waals surface area contributed by atoms with Crippen LogP contribution in [0.15, 0.2) is 22.7 Å². The highest BCUT2D eigenvalue weighted by atomic mass is 79.9. The van der Waals surface area contributed by atoms with Gasteiger partial charge in [0.05, 0.1) is 11.1 Å². The van der Waals surface area contributed by atoms with Crippen molar-refractivity contribution in [1.29, 1.82) is 0 Å². The Kier molecular flexibility index (Phi) is 5.02. The Morgan fingerprint density at radius 1 is 1.35 bits per heavy atom. The zero-order valence-electron chi connectivity index (χ0n) is 11.1. The molecular formula is C14H22BrNO. The van der Waals surface area contributed by atoms with Gasteiger partial charge in [0.1, 0.15) is 5.75 Å². The minimum absolute atomic E-state index is 0.0509. The summed E-state index contributed by atoms with van der Waals surface area (Å²) in [4.78, 5) is 0. The van der Waals surface area contributed by atoms with Crippen molar-refractivity contribution >= 4 is 15.9 Å². The van der Waals surface area contributed by atoms with Crippen molar-refractivity contribution in [1.82, 2.24) is 0 Å². The van der Waals surface area contributed by atoms with Crippen LogP contribution in [0.2, 0.25) is 0 Å². The Bertz CT molecular complexity index is 369. The summed E-state index contributed by atoms with van der Waals surface area (Å²) in [6, 6.07) is 6.07. The van der Waals surface area contributed by atoms with Gasteiger partial charge in [-0.1, -0.05) is 26.8 Å². The SMILES string of the molecule is CC(N)c1ccc(OCCC(C)(C)C)c(Br)c1. The molecule has 0 aliphatic carbocycles. The molecule has 0 saturated carbocycles. The average molecular weight is 300 g/mol. The number of rotatable bonds is 4. The third kappa shape index (κ3) is 5.09. The van der Waals surface area contributed by atoms with Gasteiger partial charge in [-0.2, -0.15) is 0 Å². The van der Waals surface area contributed by atoms with E-state index in [2.05, 4.69) is 36.7 Å². The van der Waals surface area contributed by atoms with Crippen LogP contribution < -0.4 is 10.5 Å². The fraction of sp³-hybridized carbons (Fsp3) is 0.571. The van der Waals surface area contributed by atoms with Crippen molar-refractivity contribution in [3.63, 3.8) is 0 Å². The normalized spacial score (nSPS) is 13.5. The summed E-state index contributed by atoms with van der Waals surface area (Å²) in [6.45, 7) is 9.35. The molecule has 0 heterocycles. The number of nitrogens with two attached hydrogens (primary N) is 1. The lowest BCUT2D eigenvalue weighted by Crippen LogP contribution is -2.11. The second-order valence-corrected chi connectivity index (χ2v) is 6.49. The molecule has 1 aromatic rings. The maximum absolute atomic E-state index is 5.83. The predicted molar refractivity (Wildman–Crippen MR) is 76.3 cm³/mol. The van der Waals surface area contributed by atoms with Crippen molar-refractivity contribution < 1.29 is 4.74 Å². The topological polar surface area (TPSA) is 35.2 Å². The third-order valence-electron chi connectivity index (χ3n) is 2.59. The first-order valence-corrected chi connectivity index (χ1v) is 6.77. The van der Waals surface area contributed by atoms with Crippen LogP contribution in [-0.2, 0) is 0 Å². The van der Waals surface area contributed by atoms with Crippen molar-refractivity contribution in [2.24, 2.45) is 11.1 Å². The van der Waals surface area contributed by atoms with E-state index >= 15 is 0 Å². The smallest absolute Gasteiger partial charge is 0.133 e. The molecule has 96 valence electrons. The molecule has 0 fully saturated rings. The van der Waals surface area contributed by atoms with Gasteiger partial charge in [0, 0.05) is 6.04 Å². The van der Waals surface area contributed by atoms with E-state index in [1.807, 2.05) is 25.1 Å². The second kappa shape index (κ2) is 5.87. The molecule has 2 nitrogen and oxygen atoms in total. The van der Waals surface area contributed by atoms with E-state index in [1.165, 1.54) is 0 Å². The van der Waals surface area contributed by atoms with Crippen LogP contribution in [0.5, 0.6) is 5.75 Å². The maximum atomic E-state index is 5.83. The van der Waals surface area contributed by atoms with E-state index in [4.69, 9.17) is 10.5 Å². The molecule has 0 saturated heterocycles. The van der Waals surface area contributed by atoms with Gasteiger partial charge in [-0.3, -0.25) is 0 Å². The Morgan fingerprint density at radius 3 is 2.47 bits per heavy atom. The fourth-order valence-corrected chi connectivity index (χ4v) is 1.90. The van der Waals surface area contributed by atoms with Gasteiger partial charge >= 0.3 is 0 Å². The molecule has 2 N–H and O–H groups in total. The van der Waals surface area contributed by atoms with Crippen LogP contribution in [0.1, 0.15) is 45.7 Å². The summed E-state index contributed by atoms with van der Waals surface area (Å²) in [5, 5.41) is 0. The number of hydrogen-bond acceptors (Lipinski definition) is 2. The molecule has 1 atom stereocenters. The van der Waals surface area contributed by atoms with Gasteiger partial charge in [-0.05, 0) is 52.4 Å². The van der Waals surface area contributed by atoms with Crippen LogP contribution in [0.3, 0.4) is 0 Å². The summed E-state index contributed by atoms with van der Waals surface area (Å²) < 4.78 is 6.73. The molecule has 0 radical (unpaired) electrons. The Labute approximate surface area is 113 Å². The number of benzene rings is 1. The summed E-state index contributed by atoms with van der Waals surface area (Å²) in [5.74, 6) is 0.888. The van der Waals surface area contributed by atoms with Crippen molar-refractivity contribution in [2.75, 3.05) is 6.61 Å². The maximum Gasteiger partial charge on any atom is 0.133 e. The van der Waals surface area contributed by atoms with Crippen molar-refractivity contribution in [3.05, 3.63) is 28.2 Å². The Morgan fingerprint density at radius 2 is 2.00 bits per heavy atom. The summed E-state index contributed by atoms with van der Waals surface area (Å²) in [6.07, 6.45) is 1.04. The highest BCUT2D eigenvalue weighted by molar-refractivity contribution is 9.10. The molecule has 17 heavy (non-hydrogen) atoms. The quantitative estimate of drug-likeness (QED) is 0.900. The van der Waals surface area contributed by atoms with Crippen LogP contribution >= 0.6 is 15.9 Å². The molecule has 1 unspecified atom stereocenters. The molecule has 0 amide bonds. The molecule has 1 rings (SSSR count). The zero-order valence-corrected chi connectivity index (χ0v) is 12.7. The van der Waals surface area contributed by atoms with Crippen LogP contribution in [0.4, 0.5) is 0 Å². The number of ether oxygens (including phenoxy) is 1. The second-order valence-electron chi connectivity index (χ2n) is 5.64. The molecule has 0 bridgehead atoms. The monoisotopic (exact) mass is 299 g/mol. The lowest BCUT2D eigenvalue weighted by atomic mass is 9.93. The van der Waals surface area contributed by atoms with Gasteiger partial charge in [0.2, 0.25) is 0 Å². The van der Waals surface area contributed by atoms with E-state index in [0.29, 0.717) is 5.41 Å². The largest absolute Gasteiger partial charge is 0.492 e. The van der Waals surface area contributed by atoms with E-state index in [-0.39, 0.29) is 6.04 Å². The molecule has 0 aromatic heterocycles. The number of halogens is 1. The molecule has 0 aliphatic heterocycles. The van der Waals surface area contributed by atoms with E-state index in [9.17, 15) is 0 Å². The molecule has 3 heteroatoms. The first kappa shape index (κ1) is 14.5. The van der Waals surface area contributed by atoms with Crippen molar-refractivity contribution in [2.45, 2.75) is 40.2 Å². The van der Waals surface area contributed by atoms with E-state index < -0.39 is 0 Å². The third-order valence-corrected chi connectivity index (χ3v) is 3.21. The van der Waals surface area contributed by atoms with Crippen LogP contribution in [0, 0.1) is 5.41 Å².